The highest BCUT2D eigenvalue weighted by atomic mass is 79.9. The summed E-state index contributed by atoms with van der Waals surface area (Å²) in [5, 5.41) is 0. The second-order valence-corrected chi connectivity index (χ2v) is 6.36. The zero-order chi connectivity index (χ0) is 14.2. The number of benzene rings is 1. The van der Waals surface area contributed by atoms with Crippen molar-refractivity contribution in [1.29, 1.82) is 0 Å². The molecule has 1 aromatic carbocycles. The highest BCUT2D eigenvalue weighted by Crippen LogP contribution is 2.42. The van der Waals surface area contributed by atoms with Crippen LogP contribution in [0.2, 0.25) is 0 Å². The quantitative estimate of drug-likeness (QED) is 0.791. The van der Waals surface area contributed by atoms with E-state index in [0.29, 0.717) is 11.4 Å². The highest BCUT2D eigenvalue weighted by Gasteiger charge is 2.53. The summed E-state index contributed by atoms with van der Waals surface area (Å²) < 4.78 is 71.6. The summed E-state index contributed by atoms with van der Waals surface area (Å²) in [5.41, 5.74) is -2.98. The lowest BCUT2D eigenvalue weighted by Crippen LogP contribution is -2.45. The smallest absolute Gasteiger partial charge is 0.399 e. The zero-order valence-electron chi connectivity index (χ0n) is 9.16. The van der Waals surface area contributed by atoms with Crippen LogP contribution in [0.25, 0.3) is 0 Å². The summed E-state index contributed by atoms with van der Waals surface area (Å²) in [6, 6.07) is 5.00. The Labute approximate surface area is 111 Å². The van der Waals surface area contributed by atoms with Crippen molar-refractivity contribution in [2.75, 3.05) is 5.75 Å². The number of hydrogen-bond acceptors (Lipinski definition) is 3. The summed E-state index contributed by atoms with van der Waals surface area (Å²) in [4.78, 5) is 0. The van der Waals surface area contributed by atoms with Crippen LogP contribution >= 0.6 is 15.9 Å². The van der Waals surface area contributed by atoms with Crippen molar-refractivity contribution in [3.8, 4) is 0 Å². The van der Waals surface area contributed by atoms with Gasteiger partial charge in [0.2, 0.25) is 0 Å². The van der Waals surface area contributed by atoms with Gasteiger partial charge in [0, 0.05) is 4.47 Å². The van der Waals surface area contributed by atoms with Crippen molar-refractivity contribution in [2.45, 2.75) is 18.5 Å². The number of rotatable bonds is 3. The maximum Gasteiger partial charge on any atom is 0.399 e. The molecule has 18 heavy (non-hydrogen) atoms. The molecule has 1 aromatic rings. The third-order valence-electron chi connectivity index (χ3n) is 2.57. The Morgan fingerprint density at radius 3 is 2.00 bits per heavy atom. The molecule has 0 fully saturated rings. The van der Waals surface area contributed by atoms with E-state index in [0.717, 1.165) is 12.1 Å². The van der Waals surface area contributed by atoms with Gasteiger partial charge in [0.15, 0.2) is 0 Å². The first kappa shape index (κ1) is 15.5. The van der Waals surface area contributed by atoms with Gasteiger partial charge in [0.1, 0.15) is 5.41 Å². The van der Waals surface area contributed by atoms with Crippen molar-refractivity contribution in [3.63, 3.8) is 0 Å². The van der Waals surface area contributed by atoms with E-state index in [1.54, 1.807) is 0 Å². The molecule has 8 heteroatoms. The van der Waals surface area contributed by atoms with E-state index in [1.165, 1.54) is 12.1 Å². The topological polar surface area (TPSA) is 57.2 Å². The molecule has 0 aliphatic heterocycles. The lowest BCUT2D eigenvalue weighted by atomic mass is 9.84. The Hall–Kier alpha value is -0.600. The van der Waals surface area contributed by atoms with Gasteiger partial charge < -0.3 is 4.55 Å². The van der Waals surface area contributed by atoms with E-state index in [9.17, 15) is 26.1 Å². The van der Waals surface area contributed by atoms with Gasteiger partial charge in [-0.1, -0.05) is 28.1 Å². The Kier molecular flexibility index (Phi) is 4.14. The lowest BCUT2D eigenvalue weighted by Gasteiger charge is -2.33. The van der Waals surface area contributed by atoms with Gasteiger partial charge >= 0.3 is 6.18 Å². The SMILES string of the molecule is CC(CS(=O)(=O)[O-])(c1ccc(Br)cc1)C(F)(F)F. The zero-order valence-corrected chi connectivity index (χ0v) is 11.6. The summed E-state index contributed by atoms with van der Waals surface area (Å²) in [6.07, 6.45) is -4.84. The number of hydrogen-bond donors (Lipinski definition) is 0. The van der Waals surface area contributed by atoms with Crippen molar-refractivity contribution in [2.24, 2.45) is 0 Å². The summed E-state index contributed by atoms with van der Waals surface area (Å²) >= 11 is 3.06. The summed E-state index contributed by atoms with van der Waals surface area (Å²) in [7, 11) is -5.00. The third-order valence-corrected chi connectivity index (χ3v) is 4.03. The Morgan fingerprint density at radius 2 is 1.67 bits per heavy atom. The monoisotopic (exact) mass is 345 g/mol. The van der Waals surface area contributed by atoms with Gasteiger partial charge in [0.25, 0.3) is 0 Å². The van der Waals surface area contributed by atoms with E-state index >= 15 is 0 Å². The Bertz CT molecular complexity index is 524. The van der Waals surface area contributed by atoms with Crippen LogP contribution in [0.3, 0.4) is 0 Å². The van der Waals surface area contributed by atoms with Crippen molar-refractivity contribution >= 4 is 26.0 Å². The number of alkyl halides is 3. The van der Waals surface area contributed by atoms with Crippen LogP contribution in [0.1, 0.15) is 12.5 Å². The number of halogens is 4. The summed E-state index contributed by atoms with van der Waals surface area (Å²) in [6.45, 7) is 0.700. The molecule has 0 amide bonds. The van der Waals surface area contributed by atoms with Gasteiger partial charge in [-0.3, -0.25) is 0 Å². The van der Waals surface area contributed by atoms with Crippen LogP contribution < -0.4 is 0 Å². The van der Waals surface area contributed by atoms with E-state index < -0.39 is 27.5 Å². The minimum atomic E-state index is -5.00. The highest BCUT2D eigenvalue weighted by molar-refractivity contribution is 9.10. The minimum Gasteiger partial charge on any atom is -0.748 e. The molecule has 0 heterocycles. The predicted octanol–water partition coefficient (Wildman–Crippen LogP) is 2.81. The molecule has 102 valence electrons. The molecular weight excluding hydrogens is 337 g/mol. The van der Waals surface area contributed by atoms with Crippen LogP contribution in [0, 0.1) is 0 Å². The molecule has 1 atom stereocenters. The van der Waals surface area contributed by atoms with Crippen LogP contribution in [-0.2, 0) is 15.5 Å². The normalized spacial score (nSPS) is 16.3. The fraction of sp³-hybridized carbons (Fsp3) is 0.400. The first-order chi connectivity index (χ1) is 7.96. The second-order valence-electron chi connectivity index (χ2n) is 4.04. The van der Waals surface area contributed by atoms with Crippen molar-refractivity contribution < 1.29 is 26.1 Å². The molecule has 0 bridgehead atoms. The maximum atomic E-state index is 13.0. The van der Waals surface area contributed by atoms with Crippen molar-refractivity contribution in [3.05, 3.63) is 34.3 Å². The van der Waals surface area contributed by atoms with E-state index in [1.807, 2.05) is 0 Å². The molecule has 3 nitrogen and oxygen atoms in total. The predicted molar refractivity (Wildman–Crippen MR) is 62.1 cm³/mol. The van der Waals surface area contributed by atoms with Gasteiger partial charge in [-0.2, -0.15) is 13.2 Å². The average Bonchev–Trinajstić information content (AvgIpc) is 2.13. The largest absolute Gasteiger partial charge is 0.748 e. The van der Waals surface area contributed by atoms with Gasteiger partial charge in [-0.25, -0.2) is 8.42 Å². The van der Waals surface area contributed by atoms with E-state index in [4.69, 9.17) is 0 Å². The molecule has 1 rings (SSSR count). The molecule has 0 radical (unpaired) electrons. The molecule has 0 spiro atoms. The molecule has 0 aliphatic rings. The van der Waals surface area contributed by atoms with Crippen LogP contribution in [0.5, 0.6) is 0 Å². The molecule has 0 saturated carbocycles. The summed E-state index contributed by atoms with van der Waals surface area (Å²) in [5.74, 6) is -1.52. The lowest BCUT2D eigenvalue weighted by molar-refractivity contribution is -0.179. The van der Waals surface area contributed by atoms with E-state index in [-0.39, 0.29) is 5.56 Å². The first-order valence-electron chi connectivity index (χ1n) is 4.72. The molecule has 0 N–H and O–H groups in total. The van der Waals surface area contributed by atoms with Crippen LogP contribution in [-0.4, -0.2) is 24.9 Å². The third kappa shape index (κ3) is 3.46. The standard InChI is InChI=1S/C10H10BrF3O3S/c1-9(10(12,13)14,6-18(15,16)17)7-2-4-8(11)5-3-7/h2-5H,6H2,1H3,(H,15,16,17)/p-1. The van der Waals surface area contributed by atoms with Crippen molar-refractivity contribution in [1.82, 2.24) is 0 Å². The molecule has 1 unspecified atom stereocenters. The maximum absolute atomic E-state index is 13.0. The van der Waals surface area contributed by atoms with Gasteiger partial charge in [0.05, 0.1) is 15.9 Å². The molecule has 0 aliphatic carbocycles. The molecule has 0 aromatic heterocycles. The molecular formula is C10H9BrF3O3S-. The second kappa shape index (κ2) is 4.82. The van der Waals surface area contributed by atoms with Gasteiger partial charge in [-0.15, -0.1) is 0 Å². The average molecular weight is 346 g/mol. The van der Waals surface area contributed by atoms with Crippen LogP contribution in [0.15, 0.2) is 28.7 Å². The fourth-order valence-corrected chi connectivity index (χ4v) is 2.80. The van der Waals surface area contributed by atoms with Crippen LogP contribution in [0.4, 0.5) is 13.2 Å². The fourth-order valence-electron chi connectivity index (χ4n) is 1.50. The Morgan fingerprint density at radius 1 is 1.22 bits per heavy atom. The molecule has 0 saturated heterocycles. The Balaban J connectivity index is 3.34. The van der Waals surface area contributed by atoms with E-state index in [2.05, 4.69) is 15.9 Å². The van der Waals surface area contributed by atoms with Gasteiger partial charge in [-0.05, 0) is 24.6 Å². The minimum absolute atomic E-state index is 0.266. The first-order valence-corrected chi connectivity index (χ1v) is 7.09.